The molecule has 2 rings (SSSR count). The number of hydrogen-bond acceptors (Lipinski definition) is 7. The third-order valence-corrected chi connectivity index (χ3v) is 4.31. The molecule has 0 spiro atoms. The van der Waals surface area contributed by atoms with Gasteiger partial charge < -0.3 is 24.1 Å². The molecule has 1 amide bonds. The van der Waals surface area contributed by atoms with Gasteiger partial charge in [-0.3, -0.25) is 4.90 Å². The molecule has 9 heteroatoms. The maximum atomic E-state index is 12.9. The first kappa shape index (κ1) is 23.0. The van der Waals surface area contributed by atoms with Crippen LogP contribution in [0.4, 0.5) is 9.59 Å². The maximum absolute atomic E-state index is 12.9. The molecule has 0 aromatic rings. The molecular formula is C20H31NO8. The third-order valence-electron chi connectivity index (χ3n) is 4.31. The molecule has 1 saturated heterocycles. The fourth-order valence-corrected chi connectivity index (χ4v) is 3.40. The highest BCUT2D eigenvalue weighted by Crippen LogP contribution is 2.41. The first-order chi connectivity index (χ1) is 13.0. The summed E-state index contributed by atoms with van der Waals surface area (Å²) in [5.41, 5.74) is -2.59. The molecule has 1 aliphatic heterocycles. The monoisotopic (exact) mass is 413 g/mol. The van der Waals surface area contributed by atoms with Gasteiger partial charge in [0, 0.05) is 12.0 Å². The highest BCUT2D eigenvalue weighted by Gasteiger charge is 2.56. The Balaban J connectivity index is 2.38. The van der Waals surface area contributed by atoms with Crippen molar-refractivity contribution in [1.29, 1.82) is 0 Å². The fourth-order valence-electron chi connectivity index (χ4n) is 3.40. The lowest BCUT2D eigenvalue weighted by molar-refractivity contribution is -0.133. The molecule has 1 aliphatic carbocycles. The van der Waals surface area contributed by atoms with Crippen molar-refractivity contribution in [2.45, 2.75) is 97.0 Å². The van der Waals surface area contributed by atoms with Crippen LogP contribution < -0.4 is 0 Å². The lowest BCUT2D eigenvalue weighted by Crippen LogP contribution is -2.56. The second-order valence-electron chi connectivity index (χ2n) is 9.69. The predicted octanol–water partition coefficient (Wildman–Crippen LogP) is 3.46. The van der Waals surface area contributed by atoms with Crippen molar-refractivity contribution in [3.63, 3.8) is 0 Å². The second-order valence-corrected chi connectivity index (χ2v) is 9.69. The van der Waals surface area contributed by atoms with E-state index in [2.05, 4.69) is 0 Å². The van der Waals surface area contributed by atoms with E-state index >= 15 is 0 Å². The topological polar surface area (TPSA) is 112 Å². The number of fused-ring (bicyclic) bond motifs is 1. The minimum atomic E-state index is -1.14. The average molecular weight is 413 g/mol. The first-order valence-electron chi connectivity index (χ1n) is 9.54. The van der Waals surface area contributed by atoms with Gasteiger partial charge in [-0.2, -0.15) is 0 Å². The summed E-state index contributed by atoms with van der Waals surface area (Å²) in [7, 11) is 0. The number of nitrogens with zero attached hydrogens (tertiary/aromatic N) is 1. The van der Waals surface area contributed by atoms with Gasteiger partial charge in [0.15, 0.2) is 0 Å². The minimum Gasteiger partial charge on any atom is -0.478 e. The van der Waals surface area contributed by atoms with Gasteiger partial charge in [-0.05, 0) is 61.5 Å². The van der Waals surface area contributed by atoms with Crippen LogP contribution >= 0.6 is 0 Å². The van der Waals surface area contributed by atoms with Crippen LogP contribution in [0.2, 0.25) is 0 Å². The van der Waals surface area contributed by atoms with Crippen molar-refractivity contribution in [2.75, 3.05) is 0 Å². The van der Waals surface area contributed by atoms with Crippen molar-refractivity contribution in [2.24, 2.45) is 0 Å². The van der Waals surface area contributed by atoms with Crippen molar-refractivity contribution in [1.82, 2.24) is 4.90 Å². The number of carbonyl (C=O) groups is 3. The van der Waals surface area contributed by atoms with E-state index in [1.165, 1.54) is 11.0 Å². The number of rotatable bonds is 2. The Kier molecular flexibility index (Phi) is 5.96. The number of carbonyl (C=O) groups excluding carboxylic acids is 2. The summed E-state index contributed by atoms with van der Waals surface area (Å²) in [6.45, 7) is 13.6. The van der Waals surface area contributed by atoms with Crippen LogP contribution in [-0.2, 0) is 23.7 Å². The van der Waals surface area contributed by atoms with Crippen molar-refractivity contribution < 1.29 is 38.4 Å². The third kappa shape index (κ3) is 5.62. The lowest BCUT2D eigenvalue weighted by Gasteiger charge is -2.38. The number of hydrogen-bond donors (Lipinski definition) is 1. The zero-order chi connectivity index (χ0) is 22.4. The van der Waals surface area contributed by atoms with Crippen LogP contribution in [0.5, 0.6) is 0 Å². The van der Waals surface area contributed by atoms with Crippen LogP contribution in [-0.4, -0.2) is 63.4 Å². The van der Waals surface area contributed by atoms with Crippen molar-refractivity contribution >= 4 is 18.2 Å². The molecule has 29 heavy (non-hydrogen) atoms. The summed E-state index contributed by atoms with van der Waals surface area (Å²) in [4.78, 5) is 38.1. The van der Waals surface area contributed by atoms with Crippen LogP contribution in [0.1, 0.15) is 61.8 Å². The van der Waals surface area contributed by atoms with E-state index < -0.39 is 53.4 Å². The molecule has 0 unspecified atom stereocenters. The Morgan fingerprint density at radius 1 is 1.10 bits per heavy atom. The van der Waals surface area contributed by atoms with E-state index in [0.29, 0.717) is 0 Å². The van der Waals surface area contributed by atoms with E-state index in [9.17, 15) is 19.5 Å². The summed E-state index contributed by atoms with van der Waals surface area (Å²) >= 11 is 0. The largest absolute Gasteiger partial charge is 0.509 e. The summed E-state index contributed by atoms with van der Waals surface area (Å²) in [6.07, 6.45) is -1.96. The van der Waals surface area contributed by atoms with Gasteiger partial charge in [0.25, 0.3) is 0 Å². The molecule has 0 radical (unpaired) electrons. The predicted molar refractivity (Wildman–Crippen MR) is 102 cm³/mol. The summed E-state index contributed by atoms with van der Waals surface area (Å²) in [6, 6.07) is -0.754. The van der Waals surface area contributed by atoms with E-state index in [1.54, 1.807) is 55.4 Å². The Morgan fingerprint density at radius 2 is 1.66 bits per heavy atom. The fraction of sp³-hybridized carbons (Fsp3) is 0.750. The van der Waals surface area contributed by atoms with Gasteiger partial charge >= 0.3 is 18.2 Å². The molecule has 0 saturated carbocycles. The van der Waals surface area contributed by atoms with Gasteiger partial charge in [-0.1, -0.05) is 0 Å². The summed E-state index contributed by atoms with van der Waals surface area (Å²) < 4.78 is 22.1. The molecule has 0 aromatic heterocycles. The zero-order valence-corrected chi connectivity index (χ0v) is 18.3. The Labute approximate surface area is 170 Å². The standard InChI is InChI=1S/C20H31NO8/c1-18(2,3)28-16(24)21-14-12(26-17(25)29-19(4,5)6)9-11(15(22)23)10-13(14)27-20(21,7)8/h10,12-14H,9H2,1-8H3,(H,22,23)/t12-,13-,14-/m1/s1. The summed E-state index contributed by atoms with van der Waals surface area (Å²) in [5, 5.41) is 9.45. The number of ether oxygens (including phenoxy) is 4. The molecule has 0 aromatic carbocycles. The number of amides is 1. The smallest absolute Gasteiger partial charge is 0.478 e. The average Bonchev–Trinajstić information content (AvgIpc) is 2.73. The second kappa shape index (κ2) is 7.51. The molecule has 0 bridgehead atoms. The Bertz CT molecular complexity index is 713. The molecule has 1 N–H and O–H groups in total. The van der Waals surface area contributed by atoms with Crippen molar-refractivity contribution in [3.8, 4) is 0 Å². The lowest BCUT2D eigenvalue weighted by atomic mass is 9.89. The van der Waals surface area contributed by atoms with E-state index in [0.717, 1.165) is 0 Å². The van der Waals surface area contributed by atoms with Gasteiger partial charge in [0.05, 0.1) is 0 Å². The number of aliphatic carboxylic acids is 1. The normalized spacial score (nSPS) is 26.3. The van der Waals surface area contributed by atoms with Gasteiger partial charge in [-0.25, -0.2) is 14.4 Å². The zero-order valence-electron chi connectivity index (χ0n) is 18.3. The van der Waals surface area contributed by atoms with Gasteiger partial charge in [0.2, 0.25) is 0 Å². The highest BCUT2D eigenvalue weighted by molar-refractivity contribution is 5.87. The highest BCUT2D eigenvalue weighted by atomic mass is 16.7. The summed E-state index contributed by atoms with van der Waals surface area (Å²) in [5.74, 6) is -1.14. The Hall–Kier alpha value is -2.29. The quantitative estimate of drug-likeness (QED) is 0.685. The molecule has 1 fully saturated rings. The van der Waals surface area contributed by atoms with Crippen LogP contribution in [0.25, 0.3) is 0 Å². The van der Waals surface area contributed by atoms with E-state index in [4.69, 9.17) is 18.9 Å². The van der Waals surface area contributed by atoms with Gasteiger partial charge in [-0.15, -0.1) is 0 Å². The molecule has 2 aliphatic rings. The SMILES string of the molecule is CC(C)(C)OC(=O)O[C@@H]1CC(C(=O)O)=C[C@H]2OC(C)(C)N(C(=O)OC(C)(C)C)[C@@H]21. The maximum Gasteiger partial charge on any atom is 0.509 e. The molecule has 1 heterocycles. The first-order valence-corrected chi connectivity index (χ1v) is 9.54. The Morgan fingerprint density at radius 3 is 2.14 bits per heavy atom. The molecular weight excluding hydrogens is 382 g/mol. The van der Waals surface area contributed by atoms with Crippen LogP contribution in [0, 0.1) is 0 Å². The van der Waals surface area contributed by atoms with Crippen LogP contribution in [0.15, 0.2) is 11.6 Å². The van der Waals surface area contributed by atoms with Gasteiger partial charge in [0.1, 0.15) is 35.2 Å². The van der Waals surface area contributed by atoms with E-state index in [-0.39, 0.29) is 12.0 Å². The molecule has 3 atom stereocenters. The minimum absolute atomic E-state index is 0.0432. The number of carboxylic acid groups (broad SMARTS) is 1. The molecule has 9 nitrogen and oxygen atoms in total. The van der Waals surface area contributed by atoms with Crippen molar-refractivity contribution in [3.05, 3.63) is 11.6 Å². The van der Waals surface area contributed by atoms with E-state index in [1.807, 2.05) is 0 Å². The molecule has 164 valence electrons. The number of carboxylic acids is 1. The van der Waals surface area contributed by atoms with Crippen LogP contribution in [0.3, 0.4) is 0 Å².